The maximum atomic E-state index is 4.66. The Morgan fingerprint density at radius 2 is 2.06 bits per heavy atom. The number of aromatic nitrogens is 3. The minimum absolute atomic E-state index is 0.534. The van der Waals surface area contributed by atoms with Crippen molar-refractivity contribution in [2.45, 2.75) is 25.7 Å². The highest BCUT2D eigenvalue weighted by Crippen LogP contribution is 2.25. The first-order valence-electron chi connectivity index (χ1n) is 6.24. The van der Waals surface area contributed by atoms with Gasteiger partial charge in [-0.2, -0.15) is 5.10 Å². The molecular weight excluding hydrogens is 212 g/mol. The summed E-state index contributed by atoms with van der Waals surface area (Å²) < 4.78 is 1.89. The summed E-state index contributed by atoms with van der Waals surface area (Å²) in [6.07, 6.45) is 4.34. The van der Waals surface area contributed by atoms with Crippen molar-refractivity contribution >= 4 is 5.65 Å². The lowest BCUT2D eigenvalue weighted by molar-refractivity contribution is 0.251. The maximum Gasteiger partial charge on any atom is 0.155 e. The van der Waals surface area contributed by atoms with E-state index >= 15 is 0 Å². The number of hydrogen-bond acceptors (Lipinski definition) is 3. The van der Waals surface area contributed by atoms with E-state index in [1.54, 1.807) is 0 Å². The molecule has 1 saturated heterocycles. The third-order valence-electron chi connectivity index (χ3n) is 3.59. The first-order chi connectivity index (χ1) is 8.22. The molecule has 0 saturated carbocycles. The van der Waals surface area contributed by atoms with Crippen molar-refractivity contribution in [2.24, 2.45) is 0 Å². The van der Waals surface area contributed by atoms with Crippen LogP contribution in [0.5, 0.6) is 0 Å². The van der Waals surface area contributed by atoms with Crippen LogP contribution in [0.25, 0.3) is 5.65 Å². The Balaban J connectivity index is 1.90. The van der Waals surface area contributed by atoms with Crippen LogP contribution in [0.15, 0.2) is 18.3 Å². The van der Waals surface area contributed by atoms with E-state index in [4.69, 9.17) is 0 Å². The first kappa shape index (κ1) is 10.7. The van der Waals surface area contributed by atoms with Crippen molar-refractivity contribution in [1.82, 2.24) is 19.5 Å². The lowest BCUT2D eigenvalue weighted by Crippen LogP contribution is -2.29. The fourth-order valence-corrected chi connectivity index (χ4v) is 2.44. The van der Waals surface area contributed by atoms with Gasteiger partial charge in [-0.1, -0.05) is 0 Å². The molecule has 0 unspecified atom stereocenters. The van der Waals surface area contributed by atoms with Gasteiger partial charge < -0.3 is 4.90 Å². The van der Waals surface area contributed by atoms with Crippen molar-refractivity contribution < 1.29 is 0 Å². The third-order valence-corrected chi connectivity index (χ3v) is 3.59. The van der Waals surface area contributed by atoms with Crippen molar-refractivity contribution in [3.63, 3.8) is 0 Å². The number of pyridine rings is 1. The molecular formula is C13H18N4. The summed E-state index contributed by atoms with van der Waals surface area (Å²) in [4.78, 5) is 7.03. The second-order valence-corrected chi connectivity index (χ2v) is 5.05. The predicted molar refractivity (Wildman–Crippen MR) is 67.2 cm³/mol. The zero-order valence-electron chi connectivity index (χ0n) is 10.4. The van der Waals surface area contributed by atoms with Crippen molar-refractivity contribution in [1.29, 1.82) is 0 Å². The van der Waals surface area contributed by atoms with Gasteiger partial charge in [-0.15, -0.1) is 0 Å². The van der Waals surface area contributed by atoms with E-state index in [1.165, 1.54) is 18.4 Å². The SMILES string of the molecule is Cc1ccn2nc(C3CCN(C)CC3)nc2c1. The fourth-order valence-electron chi connectivity index (χ4n) is 2.44. The summed E-state index contributed by atoms with van der Waals surface area (Å²) in [6, 6.07) is 4.16. The molecule has 4 nitrogen and oxygen atoms in total. The highest BCUT2D eigenvalue weighted by molar-refractivity contribution is 5.40. The molecule has 4 heteroatoms. The molecule has 1 aliphatic rings. The average molecular weight is 230 g/mol. The molecule has 2 aromatic heterocycles. The van der Waals surface area contributed by atoms with E-state index in [0.717, 1.165) is 24.6 Å². The molecule has 90 valence electrons. The standard InChI is InChI=1S/C13H18N4/c1-10-3-8-17-12(9-10)14-13(15-17)11-4-6-16(2)7-5-11/h3,8-9,11H,4-7H2,1-2H3. The van der Waals surface area contributed by atoms with Gasteiger partial charge in [0.1, 0.15) is 0 Å². The molecule has 0 spiro atoms. The van der Waals surface area contributed by atoms with Crippen LogP contribution >= 0.6 is 0 Å². The van der Waals surface area contributed by atoms with Gasteiger partial charge >= 0.3 is 0 Å². The Hall–Kier alpha value is -1.42. The van der Waals surface area contributed by atoms with Gasteiger partial charge in [0.15, 0.2) is 11.5 Å². The summed E-state index contributed by atoms with van der Waals surface area (Å²) in [5.41, 5.74) is 2.21. The van der Waals surface area contributed by atoms with E-state index in [0.29, 0.717) is 5.92 Å². The van der Waals surface area contributed by atoms with Crippen LogP contribution in [0.4, 0.5) is 0 Å². The van der Waals surface area contributed by atoms with Crippen LogP contribution < -0.4 is 0 Å². The van der Waals surface area contributed by atoms with E-state index in [9.17, 15) is 0 Å². The molecule has 0 radical (unpaired) electrons. The second-order valence-electron chi connectivity index (χ2n) is 5.05. The molecule has 0 bridgehead atoms. The smallest absolute Gasteiger partial charge is 0.155 e. The molecule has 0 N–H and O–H groups in total. The van der Waals surface area contributed by atoms with Crippen molar-refractivity contribution in [3.8, 4) is 0 Å². The van der Waals surface area contributed by atoms with Gasteiger partial charge in [0.25, 0.3) is 0 Å². The average Bonchev–Trinajstić information content (AvgIpc) is 2.72. The highest BCUT2D eigenvalue weighted by Gasteiger charge is 2.21. The van der Waals surface area contributed by atoms with Gasteiger partial charge in [-0.05, 0) is 57.6 Å². The number of piperidine rings is 1. The highest BCUT2D eigenvalue weighted by atomic mass is 15.3. The summed E-state index contributed by atoms with van der Waals surface area (Å²) in [5, 5.41) is 4.59. The molecule has 0 amide bonds. The van der Waals surface area contributed by atoms with Crippen LogP contribution in [-0.2, 0) is 0 Å². The zero-order chi connectivity index (χ0) is 11.8. The molecule has 0 aromatic carbocycles. The van der Waals surface area contributed by atoms with E-state index in [2.05, 4.69) is 41.1 Å². The number of fused-ring (bicyclic) bond motifs is 1. The van der Waals surface area contributed by atoms with Crippen molar-refractivity contribution in [2.75, 3.05) is 20.1 Å². The summed E-state index contributed by atoms with van der Waals surface area (Å²) in [7, 11) is 2.18. The molecule has 17 heavy (non-hydrogen) atoms. The summed E-state index contributed by atoms with van der Waals surface area (Å²) >= 11 is 0. The molecule has 2 aromatic rings. The van der Waals surface area contributed by atoms with Crippen molar-refractivity contribution in [3.05, 3.63) is 29.7 Å². The third kappa shape index (κ3) is 2.05. The van der Waals surface area contributed by atoms with Gasteiger partial charge in [0, 0.05) is 12.1 Å². The number of likely N-dealkylation sites (tertiary alicyclic amines) is 1. The van der Waals surface area contributed by atoms with Crippen LogP contribution in [0.1, 0.15) is 30.1 Å². The Bertz CT molecular complexity index is 523. The molecule has 3 heterocycles. The summed E-state index contributed by atoms with van der Waals surface area (Å²) in [5.74, 6) is 1.55. The normalized spacial score (nSPS) is 18.9. The minimum Gasteiger partial charge on any atom is -0.306 e. The number of hydrogen-bond donors (Lipinski definition) is 0. The second kappa shape index (κ2) is 4.11. The Kier molecular flexibility index (Phi) is 2.59. The maximum absolute atomic E-state index is 4.66. The Morgan fingerprint density at radius 1 is 1.29 bits per heavy atom. The van der Waals surface area contributed by atoms with E-state index in [1.807, 2.05) is 10.7 Å². The van der Waals surface area contributed by atoms with E-state index in [-0.39, 0.29) is 0 Å². The predicted octanol–water partition coefficient (Wildman–Crippen LogP) is 1.85. The van der Waals surface area contributed by atoms with Gasteiger partial charge in [-0.25, -0.2) is 9.50 Å². The largest absolute Gasteiger partial charge is 0.306 e. The Labute approximate surface area is 101 Å². The molecule has 1 fully saturated rings. The molecule has 1 aliphatic heterocycles. The van der Waals surface area contributed by atoms with E-state index < -0.39 is 0 Å². The Morgan fingerprint density at radius 3 is 2.82 bits per heavy atom. The summed E-state index contributed by atoms with van der Waals surface area (Å²) in [6.45, 7) is 4.39. The minimum atomic E-state index is 0.534. The number of rotatable bonds is 1. The monoisotopic (exact) mass is 230 g/mol. The number of aryl methyl sites for hydroxylation is 1. The van der Waals surface area contributed by atoms with Crippen LogP contribution in [0, 0.1) is 6.92 Å². The van der Waals surface area contributed by atoms with Gasteiger partial charge in [0.2, 0.25) is 0 Å². The number of nitrogens with zero attached hydrogens (tertiary/aromatic N) is 4. The molecule has 0 aliphatic carbocycles. The zero-order valence-corrected chi connectivity index (χ0v) is 10.4. The first-order valence-corrected chi connectivity index (χ1v) is 6.24. The molecule has 3 rings (SSSR count). The van der Waals surface area contributed by atoms with Crippen LogP contribution in [0.2, 0.25) is 0 Å². The molecule has 0 atom stereocenters. The lowest BCUT2D eigenvalue weighted by atomic mass is 9.97. The lowest BCUT2D eigenvalue weighted by Gasteiger charge is -2.26. The van der Waals surface area contributed by atoms with Crippen LogP contribution in [0.3, 0.4) is 0 Å². The topological polar surface area (TPSA) is 33.4 Å². The fraction of sp³-hybridized carbons (Fsp3) is 0.538. The quantitative estimate of drug-likeness (QED) is 0.749. The van der Waals surface area contributed by atoms with Gasteiger partial charge in [-0.3, -0.25) is 0 Å². The van der Waals surface area contributed by atoms with Crippen LogP contribution in [-0.4, -0.2) is 39.6 Å². The van der Waals surface area contributed by atoms with Gasteiger partial charge in [0.05, 0.1) is 0 Å².